The van der Waals surface area contributed by atoms with Crippen LogP contribution in [-0.4, -0.2) is 28.8 Å². The van der Waals surface area contributed by atoms with E-state index < -0.39 is 12.8 Å². The van der Waals surface area contributed by atoms with Crippen LogP contribution in [0.3, 0.4) is 0 Å². The Kier molecular flexibility index (Phi) is 5.06. The maximum absolute atomic E-state index is 12.3. The summed E-state index contributed by atoms with van der Waals surface area (Å²) in [5.74, 6) is -0.692. The molecule has 5 heteroatoms. The minimum Gasteiger partial charge on any atom is -0.478 e. The van der Waals surface area contributed by atoms with Gasteiger partial charge in [0, 0.05) is 17.2 Å². The zero-order valence-electron chi connectivity index (χ0n) is 11.6. The van der Waals surface area contributed by atoms with E-state index in [0.717, 1.165) is 6.08 Å². The molecule has 0 bridgehead atoms. The summed E-state index contributed by atoms with van der Waals surface area (Å²) in [5.41, 5.74) is 1.70. The van der Waals surface area contributed by atoms with E-state index in [1.807, 2.05) is 0 Å². The van der Waals surface area contributed by atoms with Gasteiger partial charge in [-0.15, -0.1) is 0 Å². The summed E-state index contributed by atoms with van der Waals surface area (Å²) >= 11 is 0. The molecule has 2 N–H and O–H groups in total. The molecule has 5 nitrogen and oxygen atoms in total. The molecule has 0 aromatic heterocycles. The third-order valence-electron chi connectivity index (χ3n) is 2.94. The first kappa shape index (κ1) is 15.5. The summed E-state index contributed by atoms with van der Waals surface area (Å²) in [6.45, 7) is -0.418. The summed E-state index contributed by atoms with van der Waals surface area (Å²) in [6.07, 6.45) is 2.49. The number of aliphatic hydroxyl groups excluding tert-OH is 1. The van der Waals surface area contributed by atoms with Crippen LogP contribution in [0.5, 0.6) is 5.75 Å². The molecule has 0 radical (unpaired) electrons. The highest BCUT2D eigenvalue weighted by Crippen LogP contribution is 2.16. The van der Waals surface area contributed by atoms with E-state index in [4.69, 9.17) is 14.9 Å². The summed E-state index contributed by atoms with van der Waals surface area (Å²) < 4.78 is 4.90. The molecular weight excluding hydrogens is 284 g/mol. The fraction of sp³-hybridized carbons (Fsp3) is 0.0588. The molecule has 0 saturated carbocycles. The minimum atomic E-state index is -1.02. The average Bonchev–Trinajstić information content (AvgIpc) is 2.54. The van der Waals surface area contributed by atoms with Gasteiger partial charge in [-0.25, -0.2) is 4.79 Å². The Morgan fingerprint density at radius 3 is 2.00 bits per heavy atom. The summed E-state index contributed by atoms with van der Waals surface area (Å²) in [5, 5.41) is 17.2. The Morgan fingerprint density at radius 1 is 0.955 bits per heavy atom. The average molecular weight is 298 g/mol. The quantitative estimate of drug-likeness (QED) is 0.486. The second-order valence-electron chi connectivity index (χ2n) is 4.42. The Morgan fingerprint density at radius 2 is 1.50 bits per heavy atom. The third-order valence-corrected chi connectivity index (χ3v) is 2.94. The van der Waals surface area contributed by atoms with E-state index >= 15 is 0 Å². The van der Waals surface area contributed by atoms with Crippen LogP contribution < -0.4 is 4.74 Å². The first-order chi connectivity index (χ1) is 10.6. The SMILES string of the molecule is O=C(O)/C=C/c1ccc(C(=O)c2ccc(OCO)cc2)cc1. The number of rotatable bonds is 6. The molecule has 0 atom stereocenters. The van der Waals surface area contributed by atoms with Crippen molar-refractivity contribution in [3.8, 4) is 5.75 Å². The number of hydrogen-bond acceptors (Lipinski definition) is 4. The molecule has 0 aliphatic rings. The number of benzene rings is 2. The Hall–Kier alpha value is -2.92. The lowest BCUT2D eigenvalue weighted by molar-refractivity contribution is -0.131. The highest BCUT2D eigenvalue weighted by Gasteiger charge is 2.08. The lowest BCUT2D eigenvalue weighted by Crippen LogP contribution is -2.01. The molecule has 0 saturated heterocycles. The van der Waals surface area contributed by atoms with Crippen LogP contribution in [0.25, 0.3) is 6.08 Å². The van der Waals surface area contributed by atoms with Crippen LogP contribution in [0, 0.1) is 0 Å². The van der Waals surface area contributed by atoms with E-state index in [9.17, 15) is 9.59 Å². The van der Waals surface area contributed by atoms with E-state index in [0.29, 0.717) is 22.4 Å². The number of aliphatic hydroxyl groups is 1. The van der Waals surface area contributed by atoms with E-state index in [1.54, 1.807) is 48.5 Å². The van der Waals surface area contributed by atoms with Gasteiger partial charge in [0.15, 0.2) is 12.6 Å². The van der Waals surface area contributed by atoms with Crippen LogP contribution in [-0.2, 0) is 4.79 Å². The van der Waals surface area contributed by atoms with Gasteiger partial charge in [-0.05, 0) is 35.9 Å². The molecule has 22 heavy (non-hydrogen) atoms. The summed E-state index contributed by atoms with van der Waals surface area (Å²) in [4.78, 5) is 22.7. The fourth-order valence-corrected chi connectivity index (χ4v) is 1.86. The van der Waals surface area contributed by atoms with Crippen molar-refractivity contribution in [3.63, 3.8) is 0 Å². The van der Waals surface area contributed by atoms with E-state index in [2.05, 4.69) is 0 Å². The summed E-state index contributed by atoms with van der Waals surface area (Å²) in [7, 11) is 0. The number of carboxylic acids is 1. The van der Waals surface area contributed by atoms with Crippen LogP contribution in [0.4, 0.5) is 0 Å². The Balaban J connectivity index is 2.13. The number of carboxylic acid groups (broad SMARTS) is 1. The Bertz CT molecular complexity index is 684. The van der Waals surface area contributed by atoms with Crippen LogP contribution in [0.15, 0.2) is 54.6 Å². The topological polar surface area (TPSA) is 83.8 Å². The van der Waals surface area contributed by atoms with Crippen LogP contribution in [0.1, 0.15) is 21.5 Å². The number of ether oxygens (including phenoxy) is 1. The number of ketones is 1. The largest absolute Gasteiger partial charge is 0.478 e. The van der Waals surface area contributed by atoms with Crippen LogP contribution in [0.2, 0.25) is 0 Å². The molecular formula is C17H14O5. The van der Waals surface area contributed by atoms with Crippen molar-refractivity contribution in [1.82, 2.24) is 0 Å². The van der Waals surface area contributed by atoms with E-state index in [-0.39, 0.29) is 5.78 Å². The molecule has 112 valence electrons. The first-order valence-electron chi connectivity index (χ1n) is 6.49. The van der Waals surface area contributed by atoms with Gasteiger partial charge in [0.1, 0.15) is 5.75 Å². The maximum Gasteiger partial charge on any atom is 0.328 e. The predicted octanol–water partition coefficient (Wildman–Crippen LogP) is 2.34. The molecule has 2 aromatic rings. The number of carbonyl (C=O) groups is 2. The summed E-state index contributed by atoms with van der Waals surface area (Å²) in [6, 6.07) is 13.1. The molecule has 0 fully saturated rings. The normalized spacial score (nSPS) is 10.6. The molecule has 0 heterocycles. The van der Waals surface area contributed by atoms with Crippen molar-refractivity contribution in [3.05, 3.63) is 71.3 Å². The molecule has 0 aliphatic carbocycles. The van der Waals surface area contributed by atoms with Gasteiger partial charge in [0.25, 0.3) is 0 Å². The van der Waals surface area contributed by atoms with Gasteiger partial charge >= 0.3 is 5.97 Å². The van der Waals surface area contributed by atoms with Crippen molar-refractivity contribution >= 4 is 17.8 Å². The van der Waals surface area contributed by atoms with Gasteiger partial charge < -0.3 is 14.9 Å². The molecule has 0 amide bonds. The molecule has 2 aromatic carbocycles. The fourth-order valence-electron chi connectivity index (χ4n) is 1.86. The van der Waals surface area contributed by atoms with Crippen molar-refractivity contribution in [2.45, 2.75) is 0 Å². The van der Waals surface area contributed by atoms with Crippen molar-refractivity contribution in [1.29, 1.82) is 0 Å². The lowest BCUT2D eigenvalue weighted by Gasteiger charge is -2.04. The highest BCUT2D eigenvalue weighted by molar-refractivity contribution is 6.09. The lowest BCUT2D eigenvalue weighted by atomic mass is 10.0. The van der Waals surface area contributed by atoms with Gasteiger partial charge in [0.2, 0.25) is 0 Å². The standard InChI is InChI=1S/C17H14O5/c18-11-22-15-8-6-14(7-9-15)17(21)13-4-1-12(2-5-13)3-10-16(19)20/h1-10,18H,11H2,(H,19,20)/b10-3+. The number of aliphatic carboxylic acids is 1. The van der Waals surface area contributed by atoms with Gasteiger partial charge in [-0.3, -0.25) is 4.79 Å². The smallest absolute Gasteiger partial charge is 0.328 e. The van der Waals surface area contributed by atoms with Crippen molar-refractivity contribution < 1.29 is 24.5 Å². The van der Waals surface area contributed by atoms with Gasteiger partial charge in [-0.1, -0.05) is 24.3 Å². The monoisotopic (exact) mass is 298 g/mol. The molecule has 2 rings (SSSR count). The zero-order chi connectivity index (χ0) is 15.9. The molecule has 0 unspecified atom stereocenters. The minimum absolute atomic E-state index is 0.149. The van der Waals surface area contributed by atoms with Crippen LogP contribution >= 0.6 is 0 Å². The zero-order valence-corrected chi connectivity index (χ0v) is 11.6. The Labute approximate surface area is 127 Å². The van der Waals surface area contributed by atoms with Crippen molar-refractivity contribution in [2.75, 3.05) is 6.79 Å². The molecule has 0 spiro atoms. The second kappa shape index (κ2) is 7.19. The predicted molar refractivity (Wildman–Crippen MR) is 80.7 cm³/mol. The third kappa shape index (κ3) is 4.04. The van der Waals surface area contributed by atoms with Gasteiger partial charge in [-0.2, -0.15) is 0 Å². The number of hydrogen-bond donors (Lipinski definition) is 2. The van der Waals surface area contributed by atoms with Gasteiger partial charge in [0.05, 0.1) is 0 Å². The van der Waals surface area contributed by atoms with E-state index in [1.165, 1.54) is 6.08 Å². The van der Waals surface area contributed by atoms with Crippen molar-refractivity contribution in [2.24, 2.45) is 0 Å². The second-order valence-corrected chi connectivity index (χ2v) is 4.42. The maximum atomic E-state index is 12.3. The highest BCUT2D eigenvalue weighted by atomic mass is 16.6. The molecule has 0 aliphatic heterocycles. The first-order valence-corrected chi connectivity index (χ1v) is 6.49. The number of carbonyl (C=O) groups excluding carboxylic acids is 1.